The summed E-state index contributed by atoms with van der Waals surface area (Å²) in [6.45, 7) is 13.1. The highest BCUT2D eigenvalue weighted by Gasteiger charge is 2.40. The Hall–Kier alpha value is -0.340. The molecule has 1 fully saturated rings. The standard InChI is InChI=1S/C17H30O2/c1-6-14(4)17(5)10-18-16(19-11-17)15-8-7-12(2)9-13(15)3/h9,13-16H,6-8,10-11H2,1-5H3. The monoisotopic (exact) mass is 266 g/mol. The summed E-state index contributed by atoms with van der Waals surface area (Å²) in [6.07, 6.45) is 5.99. The van der Waals surface area contributed by atoms with Crippen LogP contribution in [0.1, 0.15) is 53.9 Å². The average molecular weight is 266 g/mol. The van der Waals surface area contributed by atoms with Crippen LogP contribution >= 0.6 is 0 Å². The van der Waals surface area contributed by atoms with Crippen LogP contribution in [0.3, 0.4) is 0 Å². The van der Waals surface area contributed by atoms with Gasteiger partial charge in [0.05, 0.1) is 13.2 Å². The minimum atomic E-state index is 0.0106. The minimum absolute atomic E-state index is 0.0106. The molecule has 2 nitrogen and oxygen atoms in total. The van der Waals surface area contributed by atoms with Crippen molar-refractivity contribution in [2.75, 3.05) is 13.2 Å². The summed E-state index contributed by atoms with van der Waals surface area (Å²) in [5.41, 5.74) is 1.71. The fraction of sp³-hybridized carbons (Fsp3) is 0.882. The van der Waals surface area contributed by atoms with E-state index in [9.17, 15) is 0 Å². The van der Waals surface area contributed by atoms with E-state index in [1.807, 2.05) is 0 Å². The van der Waals surface area contributed by atoms with Crippen molar-refractivity contribution in [3.05, 3.63) is 11.6 Å². The molecule has 1 aliphatic carbocycles. The molecule has 1 aliphatic heterocycles. The van der Waals surface area contributed by atoms with Crippen LogP contribution in [0.2, 0.25) is 0 Å². The predicted molar refractivity (Wildman–Crippen MR) is 78.9 cm³/mol. The van der Waals surface area contributed by atoms with Gasteiger partial charge in [-0.15, -0.1) is 0 Å². The minimum Gasteiger partial charge on any atom is -0.352 e. The molecular weight excluding hydrogens is 236 g/mol. The maximum Gasteiger partial charge on any atom is 0.160 e. The van der Waals surface area contributed by atoms with E-state index in [2.05, 4.69) is 40.7 Å². The van der Waals surface area contributed by atoms with Crippen molar-refractivity contribution in [1.29, 1.82) is 0 Å². The molecule has 3 unspecified atom stereocenters. The van der Waals surface area contributed by atoms with Gasteiger partial charge in [0.25, 0.3) is 0 Å². The first-order valence-electron chi connectivity index (χ1n) is 7.87. The van der Waals surface area contributed by atoms with Crippen molar-refractivity contribution in [3.63, 3.8) is 0 Å². The first kappa shape index (κ1) is 15.1. The highest BCUT2D eigenvalue weighted by Crippen LogP contribution is 2.39. The molecule has 19 heavy (non-hydrogen) atoms. The topological polar surface area (TPSA) is 18.5 Å². The van der Waals surface area contributed by atoms with Gasteiger partial charge in [0.1, 0.15) is 0 Å². The van der Waals surface area contributed by atoms with Crippen LogP contribution in [-0.2, 0) is 9.47 Å². The van der Waals surface area contributed by atoms with Crippen molar-refractivity contribution in [2.45, 2.75) is 60.2 Å². The summed E-state index contributed by atoms with van der Waals surface area (Å²) in [4.78, 5) is 0. The lowest BCUT2D eigenvalue weighted by Crippen LogP contribution is -2.47. The summed E-state index contributed by atoms with van der Waals surface area (Å²) < 4.78 is 12.2. The first-order chi connectivity index (χ1) is 8.96. The molecule has 0 spiro atoms. The van der Waals surface area contributed by atoms with Crippen molar-refractivity contribution in [1.82, 2.24) is 0 Å². The van der Waals surface area contributed by atoms with E-state index in [4.69, 9.17) is 9.47 Å². The van der Waals surface area contributed by atoms with Gasteiger partial charge in [-0.25, -0.2) is 0 Å². The Morgan fingerprint density at radius 2 is 2.00 bits per heavy atom. The lowest BCUT2D eigenvalue weighted by atomic mass is 9.76. The predicted octanol–water partition coefficient (Wildman–Crippen LogP) is 4.40. The summed E-state index contributed by atoms with van der Waals surface area (Å²) in [5, 5.41) is 0. The van der Waals surface area contributed by atoms with Crippen molar-refractivity contribution in [2.24, 2.45) is 23.2 Å². The SMILES string of the molecule is CCC(C)C1(C)COC(C2CCC(C)=CC2C)OC1. The Morgan fingerprint density at radius 3 is 2.53 bits per heavy atom. The number of hydrogen-bond acceptors (Lipinski definition) is 2. The lowest BCUT2D eigenvalue weighted by molar-refractivity contribution is -0.260. The van der Waals surface area contributed by atoms with E-state index in [-0.39, 0.29) is 11.7 Å². The molecule has 2 heteroatoms. The van der Waals surface area contributed by atoms with Gasteiger partial charge in [-0.1, -0.05) is 45.8 Å². The van der Waals surface area contributed by atoms with E-state index in [0.717, 1.165) is 13.2 Å². The molecule has 0 N–H and O–H groups in total. The maximum atomic E-state index is 6.11. The van der Waals surface area contributed by atoms with Gasteiger partial charge in [0.2, 0.25) is 0 Å². The second-order valence-electron chi connectivity index (χ2n) is 7.03. The quantitative estimate of drug-likeness (QED) is 0.705. The smallest absolute Gasteiger partial charge is 0.160 e. The van der Waals surface area contributed by atoms with Gasteiger partial charge >= 0.3 is 0 Å². The third kappa shape index (κ3) is 3.22. The van der Waals surface area contributed by atoms with E-state index in [1.54, 1.807) is 0 Å². The molecule has 0 aromatic rings. The third-order valence-electron chi connectivity index (χ3n) is 5.40. The molecule has 2 rings (SSSR count). The molecule has 3 atom stereocenters. The van der Waals surface area contributed by atoms with E-state index in [0.29, 0.717) is 17.8 Å². The number of rotatable bonds is 3. The number of hydrogen-bond donors (Lipinski definition) is 0. The fourth-order valence-corrected chi connectivity index (χ4v) is 3.36. The zero-order valence-electron chi connectivity index (χ0n) is 13.2. The zero-order valence-corrected chi connectivity index (χ0v) is 13.2. The molecule has 0 saturated carbocycles. The molecule has 0 aromatic carbocycles. The zero-order chi connectivity index (χ0) is 14.0. The maximum absolute atomic E-state index is 6.11. The normalized spacial score (nSPS) is 41.7. The van der Waals surface area contributed by atoms with E-state index < -0.39 is 0 Å². The average Bonchev–Trinajstić information content (AvgIpc) is 2.39. The second-order valence-corrected chi connectivity index (χ2v) is 7.03. The lowest BCUT2D eigenvalue weighted by Gasteiger charge is -2.44. The van der Waals surface area contributed by atoms with Crippen molar-refractivity contribution >= 4 is 0 Å². The van der Waals surface area contributed by atoms with Gasteiger partial charge in [-0.3, -0.25) is 0 Å². The molecule has 2 aliphatic rings. The van der Waals surface area contributed by atoms with Crippen LogP contribution in [0.5, 0.6) is 0 Å². The van der Waals surface area contributed by atoms with Crippen LogP contribution in [0.15, 0.2) is 11.6 Å². The van der Waals surface area contributed by atoms with Crippen LogP contribution in [0.4, 0.5) is 0 Å². The molecular formula is C17H30O2. The van der Waals surface area contributed by atoms with Crippen LogP contribution in [0.25, 0.3) is 0 Å². The van der Waals surface area contributed by atoms with Gasteiger partial charge in [0.15, 0.2) is 6.29 Å². The molecule has 0 bridgehead atoms. The largest absolute Gasteiger partial charge is 0.352 e. The first-order valence-corrected chi connectivity index (χ1v) is 7.87. The number of ether oxygens (including phenoxy) is 2. The van der Waals surface area contributed by atoms with Crippen LogP contribution in [0, 0.1) is 23.2 Å². The Morgan fingerprint density at radius 1 is 1.37 bits per heavy atom. The molecule has 1 saturated heterocycles. The highest BCUT2D eigenvalue weighted by molar-refractivity contribution is 5.06. The van der Waals surface area contributed by atoms with E-state index >= 15 is 0 Å². The van der Waals surface area contributed by atoms with Crippen molar-refractivity contribution < 1.29 is 9.47 Å². The van der Waals surface area contributed by atoms with Gasteiger partial charge in [-0.05, 0) is 31.6 Å². The summed E-state index contributed by atoms with van der Waals surface area (Å²) in [6, 6.07) is 0. The Balaban J connectivity index is 1.93. The molecule has 0 radical (unpaired) electrons. The molecule has 110 valence electrons. The van der Waals surface area contributed by atoms with Gasteiger partial charge < -0.3 is 9.47 Å². The van der Waals surface area contributed by atoms with Gasteiger partial charge in [0, 0.05) is 11.3 Å². The van der Waals surface area contributed by atoms with Crippen LogP contribution < -0.4 is 0 Å². The molecule has 1 heterocycles. The van der Waals surface area contributed by atoms with Gasteiger partial charge in [-0.2, -0.15) is 0 Å². The fourth-order valence-electron chi connectivity index (χ4n) is 3.36. The van der Waals surface area contributed by atoms with Crippen LogP contribution in [-0.4, -0.2) is 19.5 Å². The summed E-state index contributed by atoms with van der Waals surface area (Å²) in [7, 11) is 0. The number of allylic oxidation sites excluding steroid dienone is 2. The Bertz CT molecular complexity index is 326. The van der Waals surface area contributed by atoms with Crippen molar-refractivity contribution in [3.8, 4) is 0 Å². The Labute approximate surface area is 118 Å². The van der Waals surface area contributed by atoms with E-state index in [1.165, 1.54) is 24.8 Å². The Kier molecular flexibility index (Phi) is 4.73. The summed E-state index contributed by atoms with van der Waals surface area (Å²) in [5.74, 6) is 1.76. The third-order valence-corrected chi connectivity index (χ3v) is 5.40. The molecule has 0 aromatic heterocycles. The highest BCUT2D eigenvalue weighted by atomic mass is 16.7. The summed E-state index contributed by atoms with van der Waals surface area (Å²) >= 11 is 0. The molecule has 0 amide bonds. The second kappa shape index (κ2) is 5.97.